The summed E-state index contributed by atoms with van der Waals surface area (Å²) in [4.78, 5) is 72.7. The van der Waals surface area contributed by atoms with Gasteiger partial charge in [-0.15, -0.1) is 0 Å². The first-order chi connectivity index (χ1) is 45.2. The summed E-state index contributed by atoms with van der Waals surface area (Å²) in [5.41, 5.74) is 0. The zero-order valence-corrected chi connectivity index (χ0v) is 63.2. The first-order valence-corrected chi connectivity index (χ1v) is 41.8. The lowest BCUT2D eigenvalue weighted by Crippen LogP contribution is -2.30. The second-order valence-corrected chi connectivity index (χ2v) is 31.4. The number of hydrogen-bond donors (Lipinski definition) is 3. The number of aliphatic hydroxyl groups is 1. The molecule has 0 saturated heterocycles. The summed E-state index contributed by atoms with van der Waals surface area (Å²) in [5.74, 6) is 0.126. The van der Waals surface area contributed by atoms with E-state index < -0.39 is 97.5 Å². The van der Waals surface area contributed by atoms with Crippen molar-refractivity contribution >= 4 is 39.5 Å². The van der Waals surface area contributed by atoms with Gasteiger partial charge >= 0.3 is 39.5 Å². The van der Waals surface area contributed by atoms with Gasteiger partial charge in [0, 0.05) is 25.7 Å². The number of hydrogen-bond acceptors (Lipinski definition) is 15. The summed E-state index contributed by atoms with van der Waals surface area (Å²) in [5, 5.41) is 10.6. The summed E-state index contributed by atoms with van der Waals surface area (Å²) in [7, 11) is -9.91. The molecule has 0 aliphatic carbocycles. The molecule has 0 fully saturated rings. The first kappa shape index (κ1) is 92.1. The van der Waals surface area contributed by atoms with Gasteiger partial charge in [0.05, 0.1) is 26.4 Å². The molecule has 0 radical (unpaired) electrons. The van der Waals surface area contributed by atoms with Crippen molar-refractivity contribution in [2.24, 2.45) is 17.8 Å². The smallest absolute Gasteiger partial charge is 0.462 e. The summed E-state index contributed by atoms with van der Waals surface area (Å²) in [6.07, 6.45) is 51.4. The highest BCUT2D eigenvalue weighted by Crippen LogP contribution is 2.45. The van der Waals surface area contributed by atoms with Gasteiger partial charge in [-0.1, -0.05) is 331 Å². The predicted molar refractivity (Wildman–Crippen MR) is 381 cm³/mol. The zero-order valence-electron chi connectivity index (χ0n) is 61.4. The highest BCUT2D eigenvalue weighted by molar-refractivity contribution is 7.47. The second-order valence-electron chi connectivity index (χ2n) is 28.5. The molecular formula is C75H146O17P2. The number of phosphoric ester groups is 2. The maximum absolute atomic E-state index is 13.1. The summed E-state index contributed by atoms with van der Waals surface area (Å²) in [6, 6.07) is 0. The van der Waals surface area contributed by atoms with Gasteiger partial charge < -0.3 is 33.8 Å². The quantitative estimate of drug-likeness (QED) is 0.0222. The van der Waals surface area contributed by atoms with E-state index in [9.17, 15) is 43.2 Å². The molecule has 0 aliphatic rings. The Kier molecular flexibility index (Phi) is 64.3. The van der Waals surface area contributed by atoms with Crippen LogP contribution in [0.5, 0.6) is 0 Å². The van der Waals surface area contributed by atoms with Crippen LogP contribution in [0.3, 0.4) is 0 Å². The van der Waals surface area contributed by atoms with Crippen molar-refractivity contribution in [2.45, 2.75) is 401 Å². The lowest BCUT2D eigenvalue weighted by atomic mass is 10.0. The fraction of sp³-hybridized carbons (Fsp3) is 0.947. The van der Waals surface area contributed by atoms with Crippen LogP contribution in [0.2, 0.25) is 0 Å². The monoisotopic (exact) mass is 1380 g/mol. The third-order valence-corrected chi connectivity index (χ3v) is 19.3. The third kappa shape index (κ3) is 68.6. The minimum Gasteiger partial charge on any atom is -0.462 e. The number of esters is 4. The standard InChI is InChI=1S/C75H146O17P2/c1-8-9-10-11-12-13-14-15-19-24-30-35-44-51-58-75(80)92-71(63-86-73(78)57-50-43-38-37-41-48-55-68(6)7)65-90-94(83,84)88-61-69(76)60-87-93(81,82)89-64-70(62-85-72(77)56-49-42-34-29-26-21-23-28-33-40-47-54-67(4)5)91-74(79)59-52-45-36-31-25-20-17-16-18-22-27-32-39-46-53-66(2)3/h66-71,76H,8-65H2,1-7H3,(H,81,82)(H,83,84)/t69-,70-,71-/m1/s1. The van der Waals surface area contributed by atoms with Gasteiger partial charge in [-0.3, -0.25) is 37.3 Å². The lowest BCUT2D eigenvalue weighted by Gasteiger charge is -2.21. The van der Waals surface area contributed by atoms with Gasteiger partial charge in [0.15, 0.2) is 12.2 Å². The van der Waals surface area contributed by atoms with Crippen LogP contribution < -0.4 is 0 Å². The zero-order chi connectivity index (χ0) is 69.4. The Morgan fingerprint density at radius 1 is 0.287 bits per heavy atom. The molecule has 558 valence electrons. The Hall–Kier alpha value is -1.94. The largest absolute Gasteiger partial charge is 0.472 e. The van der Waals surface area contributed by atoms with E-state index in [0.29, 0.717) is 31.6 Å². The normalized spacial score (nSPS) is 14.1. The van der Waals surface area contributed by atoms with Crippen molar-refractivity contribution in [3.05, 3.63) is 0 Å². The SMILES string of the molecule is CCCCCCCCCCCCCCCCC(=O)O[C@H](COC(=O)CCCCCCCCC(C)C)COP(=O)(O)OC[C@H](O)COP(=O)(O)OC[C@@H](COC(=O)CCCCCCCCCCCCCC(C)C)OC(=O)CCCCCCCCCCCCCCCCC(C)C. The van der Waals surface area contributed by atoms with Crippen molar-refractivity contribution in [2.75, 3.05) is 39.6 Å². The fourth-order valence-electron chi connectivity index (χ4n) is 11.4. The highest BCUT2D eigenvalue weighted by atomic mass is 31.2. The molecule has 3 N–H and O–H groups in total. The molecule has 0 aromatic rings. The predicted octanol–water partition coefficient (Wildman–Crippen LogP) is 21.8. The van der Waals surface area contributed by atoms with Crippen LogP contribution in [0.25, 0.3) is 0 Å². The van der Waals surface area contributed by atoms with Gasteiger partial charge in [0.2, 0.25) is 0 Å². The molecule has 94 heavy (non-hydrogen) atoms. The molecule has 17 nitrogen and oxygen atoms in total. The van der Waals surface area contributed by atoms with Crippen LogP contribution in [-0.4, -0.2) is 96.7 Å². The fourth-order valence-corrected chi connectivity index (χ4v) is 13.0. The van der Waals surface area contributed by atoms with Crippen LogP contribution in [0, 0.1) is 17.8 Å². The molecule has 0 rings (SSSR count). The maximum Gasteiger partial charge on any atom is 0.472 e. The molecule has 0 spiro atoms. The number of aliphatic hydroxyl groups excluding tert-OH is 1. The summed E-state index contributed by atoms with van der Waals surface area (Å²) >= 11 is 0. The van der Waals surface area contributed by atoms with Crippen LogP contribution in [-0.2, 0) is 65.4 Å². The molecule has 19 heteroatoms. The Bertz CT molecular complexity index is 1840. The van der Waals surface area contributed by atoms with E-state index in [0.717, 1.165) is 108 Å². The Morgan fingerprint density at radius 2 is 0.489 bits per heavy atom. The summed E-state index contributed by atoms with van der Waals surface area (Å²) in [6.45, 7) is 11.8. The van der Waals surface area contributed by atoms with Crippen LogP contribution in [0.15, 0.2) is 0 Å². The van der Waals surface area contributed by atoms with Crippen molar-refractivity contribution in [3.8, 4) is 0 Å². The third-order valence-electron chi connectivity index (χ3n) is 17.4. The van der Waals surface area contributed by atoms with Crippen molar-refractivity contribution in [1.29, 1.82) is 0 Å². The minimum absolute atomic E-state index is 0.107. The van der Waals surface area contributed by atoms with Gasteiger partial charge in [0.25, 0.3) is 0 Å². The van der Waals surface area contributed by atoms with Crippen molar-refractivity contribution in [3.63, 3.8) is 0 Å². The molecule has 0 aromatic heterocycles. The molecular weight excluding hydrogens is 1230 g/mol. The number of unbranched alkanes of at least 4 members (excludes halogenated alkanes) is 41. The van der Waals surface area contributed by atoms with Gasteiger partial charge in [0.1, 0.15) is 19.3 Å². The lowest BCUT2D eigenvalue weighted by molar-refractivity contribution is -0.161. The van der Waals surface area contributed by atoms with E-state index in [-0.39, 0.29) is 25.7 Å². The van der Waals surface area contributed by atoms with Crippen molar-refractivity contribution in [1.82, 2.24) is 0 Å². The molecule has 0 aromatic carbocycles. The van der Waals surface area contributed by atoms with E-state index >= 15 is 0 Å². The van der Waals surface area contributed by atoms with Gasteiger partial charge in [-0.25, -0.2) is 9.13 Å². The Balaban J connectivity index is 5.24. The van der Waals surface area contributed by atoms with Crippen LogP contribution in [0.1, 0.15) is 382 Å². The summed E-state index contributed by atoms with van der Waals surface area (Å²) < 4.78 is 68.5. The number of ether oxygens (including phenoxy) is 4. The Labute approximate surface area is 575 Å². The Morgan fingerprint density at radius 3 is 0.723 bits per heavy atom. The molecule has 0 bridgehead atoms. The maximum atomic E-state index is 13.1. The first-order valence-electron chi connectivity index (χ1n) is 38.8. The molecule has 5 atom stereocenters. The minimum atomic E-state index is -4.96. The average Bonchev–Trinajstić information content (AvgIpc) is 2.02. The van der Waals surface area contributed by atoms with Crippen LogP contribution >= 0.6 is 15.6 Å². The molecule has 0 heterocycles. The molecule has 2 unspecified atom stereocenters. The molecule has 0 amide bonds. The van der Waals surface area contributed by atoms with E-state index in [1.54, 1.807) is 0 Å². The average molecular weight is 1380 g/mol. The van der Waals surface area contributed by atoms with E-state index in [2.05, 4.69) is 48.5 Å². The number of carbonyl (C=O) groups is 4. The van der Waals surface area contributed by atoms with E-state index in [4.69, 9.17) is 37.0 Å². The van der Waals surface area contributed by atoms with E-state index in [1.165, 1.54) is 186 Å². The number of carbonyl (C=O) groups excluding carboxylic acids is 4. The van der Waals surface area contributed by atoms with Crippen LogP contribution in [0.4, 0.5) is 0 Å². The highest BCUT2D eigenvalue weighted by Gasteiger charge is 2.30. The number of rotatable bonds is 73. The van der Waals surface area contributed by atoms with Gasteiger partial charge in [-0.05, 0) is 43.4 Å². The molecule has 0 aliphatic heterocycles. The second kappa shape index (κ2) is 65.7. The molecule has 0 saturated carbocycles. The van der Waals surface area contributed by atoms with Crippen molar-refractivity contribution < 1.29 is 80.2 Å². The van der Waals surface area contributed by atoms with E-state index in [1.807, 2.05) is 0 Å². The van der Waals surface area contributed by atoms with Gasteiger partial charge in [-0.2, -0.15) is 0 Å². The topological polar surface area (TPSA) is 237 Å². The number of phosphoric acid groups is 2.